The van der Waals surface area contributed by atoms with E-state index in [0.717, 1.165) is 24.5 Å². The number of nitrogen functional groups attached to an aromatic ring is 1. The Bertz CT molecular complexity index is 464. The van der Waals surface area contributed by atoms with Gasteiger partial charge in [-0.1, -0.05) is 0 Å². The van der Waals surface area contributed by atoms with E-state index in [0.29, 0.717) is 5.82 Å². The van der Waals surface area contributed by atoms with Gasteiger partial charge in [0, 0.05) is 26.2 Å². The van der Waals surface area contributed by atoms with E-state index >= 15 is 0 Å². The van der Waals surface area contributed by atoms with E-state index < -0.39 is 0 Å². The molecule has 84 valence electrons. The molecule has 3 N–H and O–H groups in total. The van der Waals surface area contributed by atoms with Crippen LogP contribution in [-0.4, -0.2) is 26.3 Å². The van der Waals surface area contributed by atoms with Crippen LogP contribution in [0.2, 0.25) is 0 Å². The lowest BCUT2D eigenvalue weighted by Gasteiger charge is -2.07. The lowest BCUT2D eigenvalue weighted by atomic mass is 10.3. The van der Waals surface area contributed by atoms with Gasteiger partial charge >= 0.3 is 0 Å². The number of nitrogens with zero attached hydrogens (tertiary/aromatic N) is 4. The van der Waals surface area contributed by atoms with Crippen molar-refractivity contribution in [3.8, 4) is 0 Å². The zero-order valence-corrected chi connectivity index (χ0v) is 9.09. The summed E-state index contributed by atoms with van der Waals surface area (Å²) in [6.45, 7) is 0.752. The maximum Gasteiger partial charge on any atom is 0.146 e. The Morgan fingerprint density at radius 1 is 1.50 bits per heavy atom. The molecule has 0 atom stereocenters. The molecular formula is C10H14N6. The fraction of sp³-hybridized carbons (Fsp3) is 0.300. The Morgan fingerprint density at radius 3 is 3.06 bits per heavy atom. The molecule has 2 aromatic rings. The van der Waals surface area contributed by atoms with Crippen molar-refractivity contribution in [1.82, 2.24) is 19.7 Å². The lowest BCUT2D eigenvalue weighted by molar-refractivity contribution is 0.788. The van der Waals surface area contributed by atoms with Crippen molar-refractivity contribution < 1.29 is 0 Å². The smallest absolute Gasteiger partial charge is 0.146 e. The second-order valence-corrected chi connectivity index (χ2v) is 3.47. The van der Waals surface area contributed by atoms with E-state index in [1.54, 1.807) is 12.5 Å². The Kier molecular flexibility index (Phi) is 3.00. The summed E-state index contributed by atoms with van der Waals surface area (Å²) >= 11 is 0. The Labute approximate surface area is 93.5 Å². The van der Waals surface area contributed by atoms with Crippen molar-refractivity contribution >= 4 is 11.5 Å². The van der Waals surface area contributed by atoms with E-state index in [-0.39, 0.29) is 0 Å². The summed E-state index contributed by atoms with van der Waals surface area (Å²) in [5.41, 5.74) is 6.55. The molecule has 0 spiro atoms. The summed E-state index contributed by atoms with van der Waals surface area (Å²) < 4.78 is 1.90. The van der Waals surface area contributed by atoms with Crippen LogP contribution in [0.25, 0.3) is 0 Å². The molecule has 16 heavy (non-hydrogen) atoms. The molecule has 2 aromatic heterocycles. The van der Waals surface area contributed by atoms with Gasteiger partial charge in [0.15, 0.2) is 0 Å². The highest BCUT2D eigenvalue weighted by atomic mass is 15.2. The summed E-state index contributed by atoms with van der Waals surface area (Å²) in [5.74, 6) is 1.45. The van der Waals surface area contributed by atoms with Crippen LogP contribution in [-0.2, 0) is 13.5 Å². The molecule has 6 nitrogen and oxygen atoms in total. The Balaban J connectivity index is 1.89. The van der Waals surface area contributed by atoms with Gasteiger partial charge in [-0.15, -0.1) is 10.2 Å². The molecule has 0 bridgehead atoms. The van der Waals surface area contributed by atoms with Crippen LogP contribution in [0.1, 0.15) is 5.82 Å². The molecule has 0 aliphatic heterocycles. The van der Waals surface area contributed by atoms with E-state index in [2.05, 4.69) is 20.5 Å². The zero-order valence-electron chi connectivity index (χ0n) is 9.09. The fourth-order valence-electron chi connectivity index (χ4n) is 1.41. The maximum absolute atomic E-state index is 5.70. The molecule has 0 radical (unpaired) electrons. The van der Waals surface area contributed by atoms with Gasteiger partial charge < -0.3 is 15.6 Å². The van der Waals surface area contributed by atoms with Gasteiger partial charge in [-0.05, 0) is 12.1 Å². The van der Waals surface area contributed by atoms with Crippen molar-refractivity contribution in [2.24, 2.45) is 7.05 Å². The van der Waals surface area contributed by atoms with Crippen LogP contribution in [0.4, 0.5) is 11.5 Å². The normalized spacial score (nSPS) is 10.3. The first-order valence-corrected chi connectivity index (χ1v) is 5.04. The molecule has 2 rings (SSSR count). The Morgan fingerprint density at radius 2 is 2.38 bits per heavy atom. The standard InChI is InChI=1S/C10H14N6/c1-16-7-14-15-9(16)4-6-12-8-3-2-5-13-10(8)11/h2-3,5,7,12H,4,6H2,1H3,(H2,11,13). The number of nitrogens with one attached hydrogen (secondary N) is 1. The fourth-order valence-corrected chi connectivity index (χ4v) is 1.41. The average molecular weight is 218 g/mol. The van der Waals surface area contributed by atoms with Crippen LogP contribution in [0, 0.1) is 0 Å². The molecule has 0 fully saturated rings. The van der Waals surface area contributed by atoms with Crippen molar-refractivity contribution in [1.29, 1.82) is 0 Å². The van der Waals surface area contributed by atoms with Gasteiger partial charge in [0.2, 0.25) is 0 Å². The number of nitrogens with two attached hydrogens (primary N) is 1. The highest BCUT2D eigenvalue weighted by Crippen LogP contribution is 2.13. The van der Waals surface area contributed by atoms with Gasteiger partial charge in [0.05, 0.1) is 5.69 Å². The molecule has 0 aliphatic carbocycles. The largest absolute Gasteiger partial charge is 0.382 e. The van der Waals surface area contributed by atoms with Crippen molar-refractivity contribution in [3.63, 3.8) is 0 Å². The molecule has 6 heteroatoms. The predicted octanol–water partition coefficient (Wildman–Crippen LogP) is 0.447. The summed E-state index contributed by atoms with van der Waals surface area (Å²) in [6, 6.07) is 3.75. The molecule has 2 heterocycles. The van der Waals surface area contributed by atoms with Gasteiger partial charge in [-0.25, -0.2) is 4.98 Å². The SMILES string of the molecule is Cn1cnnc1CCNc1cccnc1N. The minimum absolute atomic E-state index is 0.514. The molecular weight excluding hydrogens is 204 g/mol. The first-order valence-electron chi connectivity index (χ1n) is 5.04. The van der Waals surface area contributed by atoms with Gasteiger partial charge in [-0.3, -0.25) is 0 Å². The molecule has 0 saturated carbocycles. The van der Waals surface area contributed by atoms with Gasteiger partial charge in [0.25, 0.3) is 0 Å². The minimum atomic E-state index is 0.514. The molecule has 0 saturated heterocycles. The molecule has 0 amide bonds. The third kappa shape index (κ3) is 2.28. The first kappa shape index (κ1) is 10.4. The minimum Gasteiger partial charge on any atom is -0.382 e. The molecule has 0 unspecified atom stereocenters. The topological polar surface area (TPSA) is 81.7 Å². The van der Waals surface area contributed by atoms with E-state index in [1.807, 2.05) is 23.7 Å². The summed E-state index contributed by atoms with van der Waals surface area (Å²) in [6.07, 6.45) is 4.15. The zero-order chi connectivity index (χ0) is 11.4. The number of hydrogen-bond donors (Lipinski definition) is 2. The number of pyridine rings is 1. The summed E-state index contributed by atoms with van der Waals surface area (Å²) in [7, 11) is 1.92. The van der Waals surface area contributed by atoms with Crippen molar-refractivity contribution in [2.45, 2.75) is 6.42 Å². The monoisotopic (exact) mass is 218 g/mol. The summed E-state index contributed by atoms with van der Waals surface area (Å²) in [5, 5.41) is 11.0. The van der Waals surface area contributed by atoms with Crippen molar-refractivity contribution in [3.05, 3.63) is 30.5 Å². The number of hydrogen-bond acceptors (Lipinski definition) is 5. The second-order valence-electron chi connectivity index (χ2n) is 3.47. The van der Waals surface area contributed by atoms with E-state index in [4.69, 9.17) is 5.73 Å². The number of aryl methyl sites for hydroxylation is 1. The third-order valence-electron chi connectivity index (χ3n) is 2.31. The first-order chi connectivity index (χ1) is 7.77. The quantitative estimate of drug-likeness (QED) is 0.778. The number of anilines is 2. The van der Waals surface area contributed by atoms with Gasteiger partial charge in [0.1, 0.15) is 18.0 Å². The van der Waals surface area contributed by atoms with E-state index in [9.17, 15) is 0 Å². The van der Waals surface area contributed by atoms with Gasteiger partial charge in [-0.2, -0.15) is 0 Å². The maximum atomic E-state index is 5.70. The van der Waals surface area contributed by atoms with Crippen LogP contribution in [0.5, 0.6) is 0 Å². The Hall–Kier alpha value is -2.11. The lowest BCUT2D eigenvalue weighted by Crippen LogP contribution is -2.10. The molecule has 0 aliphatic rings. The van der Waals surface area contributed by atoms with E-state index in [1.165, 1.54) is 0 Å². The predicted molar refractivity (Wildman–Crippen MR) is 61.8 cm³/mol. The molecule has 0 aromatic carbocycles. The van der Waals surface area contributed by atoms with Crippen LogP contribution in [0.3, 0.4) is 0 Å². The highest BCUT2D eigenvalue weighted by molar-refractivity contribution is 5.60. The second kappa shape index (κ2) is 4.61. The van der Waals surface area contributed by atoms with Crippen LogP contribution in [0.15, 0.2) is 24.7 Å². The summed E-state index contributed by atoms with van der Waals surface area (Å²) in [4.78, 5) is 3.99. The highest BCUT2D eigenvalue weighted by Gasteiger charge is 2.01. The van der Waals surface area contributed by atoms with Crippen LogP contribution >= 0.6 is 0 Å². The van der Waals surface area contributed by atoms with Crippen molar-refractivity contribution in [2.75, 3.05) is 17.6 Å². The number of rotatable bonds is 4. The van der Waals surface area contributed by atoms with Crippen LogP contribution < -0.4 is 11.1 Å². The number of aromatic nitrogens is 4. The average Bonchev–Trinajstić information content (AvgIpc) is 2.67. The third-order valence-corrected chi connectivity index (χ3v) is 2.31.